The van der Waals surface area contributed by atoms with Crippen LogP contribution in [0.25, 0.3) is 0 Å². The zero-order chi connectivity index (χ0) is 15.1. The van der Waals surface area contributed by atoms with Gasteiger partial charge in [0.15, 0.2) is 6.10 Å². The van der Waals surface area contributed by atoms with E-state index >= 15 is 0 Å². The van der Waals surface area contributed by atoms with Crippen molar-refractivity contribution in [3.63, 3.8) is 0 Å². The summed E-state index contributed by atoms with van der Waals surface area (Å²) in [7, 11) is 1.70. The maximum absolute atomic E-state index is 13.0. The number of rotatable bonds is 6. The standard InChI is InChI=1S/C15H24F3NO2/c1-20-10-14-6-2-8-19(14)12(5-7-14)9-21-13(11-3-4-11)15(16,17)18/h11-13H,2-10H2,1H3/t12-,13?,14-/m0/s1. The van der Waals surface area contributed by atoms with Crippen LogP contribution in [-0.2, 0) is 9.47 Å². The Hall–Kier alpha value is -0.330. The largest absolute Gasteiger partial charge is 0.414 e. The van der Waals surface area contributed by atoms with Crippen molar-refractivity contribution in [3.8, 4) is 0 Å². The predicted octanol–water partition coefficient (Wildman–Crippen LogP) is 2.99. The molecule has 0 aromatic carbocycles. The van der Waals surface area contributed by atoms with Gasteiger partial charge in [-0.2, -0.15) is 13.2 Å². The van der Waals surface area contributed by atoms with Crippen molar-refractivity contribution in [2.45, 2.75) is 62.4 Å². The quantitative estimate of drug-likeness (QED) is 0.753. The summed E-state index contributed by atoms with van der Waals surface area (Å²) in [4.78, 5) is 2.34. The van der Waals surface area contributed by atoms with Gasteiger partial charge in [-0.15, -0.1) is 0 Å². The molecule has 0 bridgehead atoms. The molecule has 3 aliphatic rings. The van der Waals surface area contributed by atoms with Gasteiger partial charge >= 0.3 is 6.18 Å². The monoisotopic (exact) mass is 307 g/mol. The first-order chi connectivity index (χ1) is 9.96. The summed E-state index contributed by atoms with van der Waals surface area (Å²) >= 11 is 0. The predicted molar refractivity (Wildman–Crippen MR) is 72.1 cm³/mol. The molecular weight excluding hydrogens is 283 g/mol. The summed E-state index contributed by atoms with van der Waals surface area (Å²) in [5, 5.41) is 0. The van der Waals surface area contributed by atoms with Gasteiger partial charge in [0.25, 0.3) is 0 Å². The molecule has 0 aromatic rings. The minimum atomic E-state index is -4.23. The van der Waals surface area contributed by atoms with Crippen LogP contribution < -0.4 is 0 Å². The van der Waals surface area contributed by atoms with Crippen molar-refractivity contribution < 1.29 is 22.6 Å². The number of alkyl halides is 3. The molecule has 1 unspecified atom stereocenters. The van der Waals surface area contributed by atoms with Gasteiger partial charge in [0.1, 0.15) is 0 Å². The second kappa shape index (κ2) is 5.70. The Balaban J connectivity index is 1.58. The molecule has 0 aromatic heterocycles. The van der Waals surface area contributed by atoms with Gasteiger partial charge in [-0.05, 0) is 51.0 Å². The van der Waals surface area contributed by atoms with Crippen molar-refractivity contribution in [2.75, 3.05) is 26.9 Å². The number of ether oxygens (including phenoxy) is 2. The van der Waals surface area contributed by atoms with E-state index in [0.29, 0.717) is 19.4 Å². The Labute approximate surface area is 123 Å². The number of halogens is 3. The average molecular weight is 307 g/mol. The fraction of sp³-hybridized carbons (Fsp3) is 1.00. The molecule has 0 radical (unpaired) electrons. The molecule has 0 amide bonds. The number of hydrogen-bond acceptors (Lipinski definition) is 3. The van der Waals surface area contributed by atoms with E-state index in [1.807, 2.05) is 0 Å². The maximum atomic E-state index is 13.0. The van der Waals surface area contributed by atoms with E-state index < -0.39 is 12.3 Å². The van der Waals surface area contributed by atoms with Crippen LogP contribution in [0.2, 0.25) is 0 Å². The van der Waals surface area contributed by atoms with E-state index in [1.165, 1.54) is 0 Å². The summed E-state index contributed by atoms with van der Waals surface area (Å²) in [6, 6.07) is 0.117. The third kappa shape index (κ3) is 3.08. The lowest BCUT2D eigenvalue weighted by atomic mass is 9.95. The van der Waals surface area contributed by atoms with Crippen LogP contribution >= 0.6 is 0 Å². The van der Waals surface area contributed by atoms with Gasteiger partial charge in [0.05, 0.1) is 13.2 Å². The Morgan fingerprint density at radius 3 is 2.62 bits per heavy atom. The molecule has 2 saturated heterocycles. The van der Waals surface area contributed by atoms with E-state index in [1.54, 1.807) is 7.11 Å². The Kier molecular flexibility index (Phi) is 4.23. The molecule has 6 heteroatoms. The highest BCUT2D eigenvalue weighted by Crippen LogP contribution is 2.45. The van der Waals surface area contributed by atoms with Crippen LogP contribution in [0.15, 0.2) is 0 Å². The van der Waals surface area contributed by atoms with Crippen LogP contribution in [-0.4, -0.2) is 55.6 Å². The summed E-state index contributed by atoms with van der Waals surface area (Å²) in [5.74, 6) is -0.311. The lowest BCUT2D eigenvalue weighted by Gasteiger charge is -2.35. The summed E-state index contributed by atoms with van der Waals surface area (Å²) in [6.07, 6.45) is -0.383. The Bertz CT molecular complexity index is 372. The van der Waals surface area contributed by atoms with Crippen LogP contribution in [0.3, 0.4) is 0 Å². The van der Waals surface area contributed by atoms with Crippen LogP contribution in [0, 0.1) is 5.92 Å². The van der Waals surface area contributed by atoms with Crippen LogP contribution in [0.5, 0.6) is 0 Å². The summed E-state index contributed by atoms with van der Waals surface area (Å²) in [6.45, 7) is 1.83. The lowest BCUT2D eigenvalue weighted by Crippen LogP contribution is -2.47. The molecule has 0 spiro atoms. The van der Waals surface area contributed by atoms with E-state index in [2.05, 4.69) is 4.90 Å². The molecule has 21 heavy (non-hydrogen) atoms. The van der Waals surface area contributed by atoms with E-state index in [4.69, 9.17) is 9.47 Å². The summed E-state index contributed by atoms with van der Waals surface area (Å²) < 4.78 is 49.7. The zero-order valence-electron chi connectivity index (χ0n) is 12.5. The van der Waals surface area contributed by atoms with Crippen LogP contribution in [0.1, 0.15) is 38.5 Å². The topological polar surface area (TPSA) is 21.7 Å². The molecule has 3 rings (SSSR count). The molecule has 122 valence electrons. The zero-order valence-corrected chi connectivity index (χ0v) is 12.5. The third-order valence-corrected chi connectivity index (χ3v) is 5.29. The summed E-state index contributed by atoms with van der Waals surface area (Å²) in [5.41, 5.74) is 0.0517. The molecule has 1 aliphatic carbocycles. The number of fused-ring (bicyclic) bond motifs is 1. The normalized spacial score (nSPS) is 35.1. The fourth-order valence-corrected chi connectivity index (χ4v) is 4.17. The maximum Gasteiger partial charge on any atom is 0.414 e. The first kappa shape index (κ1) is 15.6. The van der Waals surface area contributed by atoms with Crippen molar-refractivity contribution in [1.82, 2.24) is 4.90 Å². The first-order valence-corrected chi connectivity index (χ1v) is 7.90. The van der Waals surface area contributed by atoms with Gasteiger partial charge in [-0.25, -0.2) is 0 Å². The molecular formula is C15H24F3NO2. The molecule has 2 aliphatic heterocycles. The number of methoxy groups -OCH3 is 1. The second-order valence-corrected chi connectivity index (χ2v) is 6.78. The van der Waals surface area contributed by atoms with Gasteiger partial charge in [-0.3, -0.25) is 4.90 Å². The molecule has 0 N–H and O–H groups in total. The highest BCUT2D eigenvalue weighted by molar-refractivity contribution is 5.04. The number of nitrogens with zero attached hydrogens (tertiary/aromatic N) is 1. The van der Waals surface area contributed by atoms with Crippen molar-refractivity contribution in [1.29, 1.82) is 0 Å². The lowest BCUT2D eigenvalue weighted by molar-refractivity contribution is -0.230. The molecule has 1 saturated carbocycles. The van der Waals surface area contributed by atoms with E-state index in [-0.39, 0.29) is 24.1 Å². The average Bonchev–Trinajstić information content (AvgIpc) is 3.04. The second-order valence-electron chi connectivity index (χ2n) is 6.78. The highest BCUT2D eigenvalue weighted by Gasteiger charge is 2.52. The van der Waals surface area contributed by atoms with Gasteiger partial charge in [-0.1, -0.05) is 0 Å². The van der Waals surface area contributed by atoms with Gasteiger partial charge in [0.2, 0.25) is 0 Å². The molecule has 3 nitrogen and oxygen atoms in total. The van der Waals surface area contributed by atoms with Gasteiger partial charge < -0.3 is 9.47 Å². The smallest absolute Gasteiger partial charge is 0.383 e. The van der Waals surface area contributed by atoms with Crippen molar-refractivity contribution in [2.24, 2.45) is 5.92 Å². The van der Waals surface area contributed by atoms with E-state index in [0.717, 1.165) is 32.2 Å². The highest BCUT2D eigenvalue weighted by atomic mass is 19.4. The molecule has 3 fully saturated rings. The Morgan fingerprint density at radius 2 is 2.00 bits per heavy atom. The van der Waals surface area contributed by atoms with Crippen LogP contribution in [0.4, 0.5) is 13.2 Å². The fourth-order valence-electron chi connectivity index (χ4n) is 4.17. The number of hydrogen-bond donors (Lipinski definition) is 0. The third-order valence-electron chi connectivity index (χ3n) is 5.29. The SMILES string of the molecule is COC[C@@]12CCCN1[C@H](COC(C1CC1)C(F)(F)F)CC2. The van der Waals surface area contributed by atoms with Gasteiger partial charge in [0, 0.05) is 18.7 Å². The van der Waals surface area contributed by atoms with Crippen molar-refractivity contribution >= 4 is 0 Å². The first-order valence-electron chi connectivity index (χ1n) is 7.90. The Morgan fingerprint density at radius 1 is 1.24 bits per heavy atom. The minimum Gasteiger partial charge on any atom is -0.383 e. The molecule has 3 atom stereocenters. The van der Waals surface area contributed by atoms with Crippen molar-refractivity contribution in [3.05, 3.63) is 0 Å². The van der Waals surface area contributed by atoms with E-state index in [9.17, 15) is 13.2 Å². The minimum absolute atomic E-state index is 0.0517. The molecule has 2 heterocycles.